The predicted molar refractivity (Wildman–Crippen MR) is 477 cm³/mol. The first kappa shape index (κ1) is 113. The number of aliphatic hydroxyl groups excluding tert-OH is 1. The van der Waals surface area contributed by atoms with Gasteiger partial charge in [0.25, 0.3) is 0 Å². The van der Waals surface area contributed by atoms with Gasteiger partial charge in [-0.25, -0.2) is 0 Å². The largest absolute Gasteiger partial charge is 0.481 e. The summed E-state index contributed by atoms with van der Waals surface area (Å²) in [5.74, 6) is -26.0. The quantitative estimate of drug-likeness (QED) is 0.0166. The summed E-state index contributed by atoms with van der Waals surface area (Å²) in [4.78, 5) is 300. The van der Waals surface area contributed by atoms with Gasteiger partial charge in [0.1, 0.15) is 91.1 Å². The highest BCUT2D eigenvalue weighted by Crippen LogP contribution is 2.24. The van der Waals surface area contributed by atoms with Crippen molar-refractivity contribution in [1.82, 2.24) is 89.6 Å². The van der Waals surface area contributed by atoms with Gasteiger partial charge in [-0.05, 0) is 127 Å². The van der Waals surface area contributed by atoms with Crippen LogP contribution in [0, 0.1) is 11.3 Å². The fraction of sp³-hybridized carbons (Fsp3) is 0.583. The molecule has 0 unspecified atom stereocenters. The highest BCUT2D eigenvalue weighted by Gasteiger charge is 2.45. The van der Waals surface area contributed by atoms with E-state index in [1.165, 1.54) is 0 Å². The maximum absolute atomic E-state index is 14.8. The molecule has 0 saturated carbocycles. The number of rotatable bonds is 61. The molecule has 0 spiro atoms. The molecule has 17 atom stereocenters. The molecule has 19 amide bonds. The van der Waals surface area contributed by atoms with Crippen molar-refractivity contribution in [2.24, 2.45) is 46.1 Å². The number of nitrogens with two attached hydrogens (primary N) is 7. The molecule has 2 aliphatic heterocycles. The van der Waals surface area contributed by atoms with E-state index in [0.717, 1.165) is 23.6 Å². The summed E-state index contributed by atoms with van der Waals surface area (Å²) in [5, 5.41) is 83.4. The van der Waals surface area contributed by atoms with Crippen molar-refractivity contribution in [2.75, 3.05) is 45.8 Å². The van der Waals surface area contributed by atoms with Gasteiger partial charge >= 0.3 is 17.9 Å². The van der Waals surface area contributed by atoms with Crippen molar-refractivity contribution in [3.8, 4) is 0 Å². The van der Waals surface area contributed by atoms with Crippen molar-refractivity contribution in [3.05, 3.63) is 71.8 Å². The van der Waals surface area contributed by atoms with Crippen LogP contribution in [0.1, 0.15) is 161 Å². The van der Waals surface area contributed by atoms with Gasteiger partial charge in [0.15, 0.2) is 5.96 Å². The molecule has 2 heterocycles. The third-order valence-electron chi connectivity index (χ3n) is 21.9. The Morgan fingerprint density at radius 3 is 1.26 bits per heavy atom. The van der Waals surface area contributed by atoms with Gasteiger partial charge in [0.2, 0.25) is 112 Å². The zero-order chi connectivity index (χ0) is 101. The lowest BCUT2D eigenvalue weighted by molar-refractivity contribution is -0.146. The van der Waals surface area contributed by atoms with Crippen molar-refractivity contribution in [3.63, 3.8) is 0 Å². The number of guanidine groups is 1. The van der Waals surface area contributed by atoms with Crippen molar-refractivity contribution >= 4 is 136 Å². The zero-order valence-corrected chi connectivity index (χ0v) is 75.6. The standard InChI is InChI=1S/C84H129N25O26/c1-5-43(2)67(106-70(122)48(87)23-16-32-93-84(91)92)80(132)105-57(40-65(117)118)83(135)108-33-17-26-58(108)78(130)96-44(3)69(121)101-54(37-61(89)112)72(124)94-41-63(114)97-55(38-62(90)113)77(129)107-68(45(4)110)81(133)100-50(25-13-15-31-86)74(126)103-53(36-47-21-10-7-11-22-47)76(128)104-56(39-64(115)116)82(134)109-34-18-27-59(109)79(131)99-49(24-12-14-30-85)73(125)102-52(35-46-19-8-6-9-20-46)75(127)98-51(28-29-60(88)111)71(123)95-42-66(119)120/h6-11,19-22,43-45,48-59,67-68,110H,5,12-18,23-42,85-87H2,1-4H3,(H2,88,111)(H2,89,112)(H2,90,113)(H,94,124)(H,95,123)(H,96,130)(H,97,114)(H,98,127)(H,99,131)(H,100,133)(H,101,121)(H,102,125)(H,103,126)(H,104,128)(H,105,132)(H,106,122)(H,107,129)(H,115,116)(H,117,118)(H,119,120)(H4,91,92,93)/t43-,44-,45+,48-,49-,50-,51-,52-,53-,54-,55-,56-,57-,58-,59-,67-,68-/m0/s1. The van der Waals surface area contributed by atoms with Crippen LogP contribution in [0.4, 0.5) is 0 Å². The lowest BCUT2D eigenvalue weighted by atomic mass is 9.97. The maximum atomic E-state index is 14.8. The molecule has 2 aromatic carbocycles. The molecule has 4 rings (SSSR count). The number of aliphatic hydroxyl groups is 1. The molecular formula is C84H129N25O26. The number of aliphatic carboxylic acids is 3. The number of carbonyl (C=O) groups excluding carboxylic acids is 19. The Hall–Kier alpha value is -14.1. The molecule has 135 heavy (non-hydrogen) atoms. The number of nitrogens with zero attached hydrogens (tertiary/aromatic N) is 2. The number of amides is 19. The minimum absolute atomic E-state index is 0.0324. The number of nitrogens with one attached hydrogen (secondary N) is 16. The van der Waals surface area contributed by atoms with E-state index in [-0.39, 0.29) is 122 Å². The molecular weight excluding hydrogens is 1780 g/mol. The number of unbranched alkanes of at least 4 members (excludes halogenated alkanes) is 2. The van der Waals surface area contributed by atoms with E-state index < -0.39 is 278 Å². The van der Waals surface area contributed by atoms with Gasteiger partial charge in [-0.3, -0.25) is 111 Å². The molecule has 51 nitrogen and oxygen atoms in total. The number of carbonyl (C=O) groups is 22. The second-order valence-electron chi connectivity index (χ2n) is 32.7. The number of hydrogen-bond donors (Lipinski definition) is 27. The van der Waals surface area contributed by atoms with E-state index in [0.29, 0.717) is 30.4 Å². The van der Waals surface area contributed by atoms with Crippen LogP contribution in [0.25, 0.3) is 0 Å². The summed E-state index contributed by atoms with van der Waals surface area (Å²) in [6.45, 7) is 3.61. The second kappa shape index (κ2) is 58.0. The molecule has 2 aliphatic rings. The Morgan fingerprint density at radius 1 is 0.407 bits per heavy atom. The Labute approximate surface area is 776 Å². The molecule has 0 aliphatic carbocycles. The van der Waals surface area contributed by atoms with E-state index >= 15 is 0 Å². The van der Waals surface area contributed by atoms with E-state index in [2.05, 4.69) is 79.8 Å². The first-order chi connectivity index (χ1) is 63.8. The molecule has 2 saturated heterocycles. The summed E-state index contributed by atoms with van der Waals surface area (Å²) in [6, 6.07) is -8.43. The SMILES string of the molecule is CC[C@H](C)[C@H](NC(=O)[C@@H](N)CCCNC(=N)N)C(=O)N[C@@H](CC(=O)O)C(=O)N1CCC[C@H]1C(=O)N[C@@H](C)C(=O)N[C@@H](CC(N)=O)C(=O)NCC(=O)N[C@@H](CC(N)=O)C(=O)N[C@H](C(=O)N[C@@H](CCCCN)C(=O)N[C@@H](Cc1ccccc1)C(=O)N[C@@H](CC(=O)O)C(=O)N1CCC[C@H]1C(=O)N[C@@H](CCCCN)C(=O)N[C@@H](Cc1ccccc1)C(=O)N[C@@H](CCC(N)=O)C(=O)NCC(=O)O)[C@@H](C)O. The summed E-state index contributed by atoms with van der Waals surface area (Å²) in [5.41, 5.74) is 40.1. The molecule has 2 aromatic rings. The van der Waals surface area contributed by atoms with Crippen LogP contribution < -0.4 is 120 Å². The van der Waals surface area contributed by atoms with Gasteiger partial charge in [-0.15, -0.1) is 0 Å². The second-order valence-corrected chi connectivity index (χ2v) is 32.7. The van der Waals surface area contributed by atoms with Crippen molar-refractivity contribution in [1.29, 1.82) is 5.41 Å². The van der Waals surface area contributed by atoms with Crippen LogP contribution in [0.2, 0.25) is 0 Å². The van der Waals surface area contributed by atoms with Crippen LogP contribution in [-0.4, -0.2) is 309 Å². The number of likely N-dealkylation sites (tertiary alicyclic amines) is 2. The molecule has 746 valence electrons. The molecule has 51 heteroatoms. The molecule has 0 aromatic heterocycles. The lowest BCUT2D eigenvalue weighted by Crippen LogP contribution is -2.62. The van der Waals surface area contributed by atoms with Gasteiger partial charge < -0.3 is 150 Å². The molecule has 34 N–H and O–H groups in total. The lowest BCUT2D eigenvalue weighted by Gasteiger charge is -2.31. The number of hydrogen-bond acceptors (Lipinski definition) is 27. The smallest absolute Gasteiger partial charge is 0.322 e. The third kappa shape index (κ3) is 40.1. The molecule has 0 radical (unpaired) electrons. The predicted octanol–water partition coefficient (Wildman–Crippen LogP) is -10.2. The van der Waals surface area contributed by atoms with Gasteiger partial charge in [0.05, 0.1) is 44.4 Å². The minimum Gasteiger partial charge on any atom is -0.481 e. The topological polar surface area (TPSA) is 849 Å². The normalized spacial score (nSPS) is 16.6. The fourth-order valence-electron chi connectivity index (χ4n) is 14.4. The van der Waals surface area contributed by atoms with Crippen molar-refractivity contribution < 1.29 is 126 Å². The zero-order valence-electron chi connectivity index (χ0n) is 75.6. The third-order valence-corrected chi connectivity index (χ3v) is 21.9. The number of carboxylic acid groups (broad SMARTS) is 3. The van der Waals surface area contributed by atoms with Gasteiger partial charge in [-0.2, -0.15) is 0 Å². The van der Waals surface area contributed by atoms with Crippen molar-refractivity contribution in [2.45, 2.75) is 259 Å². The average Bonchev–Trinajstić information content (AvgIpc) is 1.72. The Balaban J connectivity index is 1.51. The van der Waals surface area contributed by atoms with Crippen LogP contribution in [0.15, 0.2) is 60.7 Å². The molecule has 2 fully saturated rings. The monoisotopic (exact) mass is 1900 g/mol. The average molecular weight is 1910 g/mol. The Kier molecular flexibility index (Phi) is 48.7. The summed E-state index contributed by atoms with van der Waals surface area (Å²) in [7, 11) is 0. The van der Waals surface area contributed by atoms with Crippen LogP contribution >= 0.6 is 0 Å². The molecule has 0 bridgehead atoms. The first-order valence-corrected chi connectivity index (χ1v) is 44.1. The maximum Gasteiger partial charge on any atom is 0.322 e. The first-order valence-electron chi connectivity index (χ1n) is 44.1. The van der Waals surface area contributed by atoms with E-state index in [1.54, 1.807) is 74.5 Å². The van der Waals surface area contributed by atoms with E-state index in [4.69, 9.17) is 45.5 Å². The summed E-state index contributed by atoms with van der Waals surface area (Å²) < 4.78 is 0. The summed E-state index contributed by atoms with van der Waals surface area (Å²) >= 11 is 0. The number of carboxylic acids is 3. The minimum atomic E-state index is -2.06. The highest BCUT2D eigenvalue weighted by molar-refractivity contribution is 6.03. The van der Waals surface area contributed by atoms with Gasteiger partial charge in [0, 0.05) is 38.9 Å². The Bertz CT molecular complexity index is 4500. The Morgan fingerprint density at radius 2 is 0.807 bits per heavy atom. The fourth-order valence-corrected chi connectivity index (χ4v) is 14.4. The highest BCUT2D eigenvalue weighted by atomic mass is 16.4. The van der Waals surface area contributed by atoms with Crippen LogP contribution in [-0.2, 0) is 118 Å². The van der Waals surface area contributed by atoms with E-state index in [1.807, 2.05) is 0 Å². The van der Waals surface area contributed by atoms with Crippen LogP contribution in [0.5, 0.6) is 0 Å². The van der Waals surface area contributed by atoms with Crippen LogP contribution in [0.3, 0.4) is 0 Å². The van der Waals surface area contributed by atoms with Gasteiger partial charge in [-0.1, -0.05) is 80.9 Å². The summed E-state index contributed by atoms with van der Waals surface area (Å²) in [6.07, 6.45) is -5.90. The number of primary amides is 3. The number of benzene rings is 2. The van der Waals surface area contributed by atoms with E-state index in [9.17, 15) is 126 Å².